The van der Waals surface area contributed by atoms with Crippen LogP contribution in [0.1, 0.15) is 5.56 Å². The van der Waals surface area contributed by atoms with Crippen LogP contribution in [0.3, 0.4) is 0 Å². The molecule has 0 aliphatic rings. The first-order valence-corrected chi connectivity index (χ1v) is 6.98. The fourth-order valence-electron chi connectivity index (χ4n) is 1.92. The van der Waals surface area contributed by atoms with E-state index in [9.17, 15) is 5.11 Å². The molecular weight excluding hydrogens is 260 g/mol. The van der Waals surface area contributed by atoms with Gasteiger partial charge in [-0.25, -0.2) is 15.0 Å². The van der Waals surface area contributed by atoms with E-state index in [1.165, 1.54) is 0 Å². The van der Waals surface area contributed by atoms with E-state index in [1.807, 2.05) is 23.0 Å². The van der Waals surface area contributed by atoms with E-state index in [4.69, 9.17) is 0 Å². The Morgan fingerprint density at radius 2 is 1.95 bits per heavy atom. The number of aromatic nitrogens is 4. The highest BCUT2D eigenvalue weighted by Gasteiger charge is 2.09. The maximum atomic E-state index is 9.28. The number of nitrogens with zero attached hydrogens (tertiary/aromatic N) is 4. The molecule has 0 amide bonds. The first-order chi connectivity index (χ1) is 9.28. The summed E-state index contributed by atoms with van der Waals surface area (Å²) >= 11 is 1.56. The Labute approximate surface area is 114 Å². The van der Waals surface area contributed by atoms with Crippen molar-refractivity contribution in [3.8, 4) is 5.75 Å². The number of phenols is 1. The van der Waals surface area contributed by atoms with Crippen LogP contribution in [0, 0.1) is 0 Å². The predicted octanol–water partition coefficient (Wildman–Crippen LogP) is 2.30. The standard InChI is InChI=1S/C13H12N4OS/c1-19-13-11-12(14-7-15-13)17(8-16-11)6-9-2-4-10(18)5-3-9/h2-5,7-8,18H,6H2,1H3. The van der Waals surface area contributed by atoms with E-state index in [1.54, 1.807) is 36.5 Å². The van der Waals surface area contributed by atoms with E-state index in [0.717, 1.165) is 21.8 Å². The van der Waals surface area contributed by atoms with Crippen LogP contribution in [0.25, 0.3) is 11.2 Å². The predicted molar refractivity (Wildman–Crippen MR) is 74.3 cm³/mol. The maximum absolute atomic E-state index is 9.28. The summed E-state index contributed by atoms with van der Waals surface area (Å²) in [5, 5.41) is 10.2. The van der Waals surface area contributed by atoms with Gasteiger partial charge in [0.15, 0.2) is 5.65 Å². The van der Waals surface area contributed by atoms with Gasteiger partial charge >= 0.3 is 0 Å². The molecule has 0 spiro atoms. The molecule has 0 bridgehead atoms. The average molecular weight is 272 g/mol. The van der Waals surface area contributed by atoms with E-state index in [0.29, 0.717) is 6.54 Å². The lowest BCUT2D eigenvalue weighted by Gasteiger charge is -2.04. The average Bonchev–Trinajstić information content (AvgIpc) is 2.84. The van der Waals surface area contributed by atoms with Crippen LogP contribution < -0.4 is 0 Å². The van der Waals surface area contributed by atoms with Crippen molar-refractivity contribution in [2.24, 2.45) is 0 Å². The Balaban J connectivity index is 1.99. The molecule has 1 N–H and O–H groups in total. The number of benzene rings is 1. The number of phenolic OH excluding ortho intramolecular Hbond substituents is 1. The minimum absolute atomic E-state index is 0.270. The van der Waals surface area contributed by atoms with Crippen LogP contribution in [0.15, 0.2) is 41.9 Å². The molecule has 0 unspecified atom stereocenters. The second-order valence-electron chi connectivity index (χ2n) is 4.09. The molecule has 2 heterocycles. The highest BCUT2D eigenvalue weighted by Crippen LogP contribution is 2.21. The fraction of sp³-hybridized carbons (Fsp3) is 0.154. The molecule has 5 nitrogen and oxygen atoms in total. The van der Waals surface area contributed by atoms with Crippen molar-refractivity contribution in [2.75, 3.05) is 6.26 Å². The van der Waals surface area contributed by atoms with Crippen molar-refractivity contribution in [1.82, 2.24) is 19.5 Å². The minimum atomic E-state index is 0.270. The molecule has 0 aliphatic heterocycles. The van der Waals surface area contributed by atoms with E-state index in [-0.39, 0.29) is 5.75 Å². The van der Waals surface area contributed by atoms with Crippen LogP contribution in [-0.2, 0) is 6.54 Å². The van der Waals surface area contributed by atoms with Crippen molar-refractivity contribution >= 4 is 22.9 Å². The molecule has 3 aromatic rings. The lowest BCUT2D eigenvalue weighted by Crippen LogP contribution is -1.99. The second-order valence-corrected chi connectivity index (χ2v) is 4.89. The van der Waals surface area contributed by atoms with Crippen molar-refractivity contribution in [2.45, 2.75) is 11.6 Å². The SMILES string of the molecule is CSc1ncnc2c1ncn2Cc1ccc(O)cc1. The molecule has 1 aromatic carbocycles. The Morgan fingerprint density at radius 1 is 1.16 bits per heavy atom. The second kappa shape index (κ2) is 4.89. The van der Waals surface area contributed by atoms with Crippen LogP contribution in [0.2, 0.25) is 0 Å². The highest BCUT2D eigenvalue weighted by atomic mass is 32.2. The largest absolute Gasteiger partial charge is 0.508 e. The molecule has 0 atom stereocenters. The summed E-state index contributed by atoms with van der Waals surface area (Å²) in [6.45, 7) is 0.668. The molecular formula is C13H12N4OS. The normalized spacial score (nSPS) is 11.0. The van der Waals surface area contributed by atoms with Gasteiger partial charge < -0.3 is 9.67 Å². The fourth-order valence-corrected chi connectivity index (χ4v) is 2.41. The summed E-state index contributed by atoms with van der Waals surface area (Å²) in [6.07, 6.45) is 5.30. The molecule has 2 aromatic heterocycles. The molecule has 3 rings (SSSR count). The summed E-state index contributed by atoms with van der Waals surface area (Å²) in [5.74, 6) is 0.270. The van der Waals surface area contributed by atoms with Crippen molar-refractivity contribution in [1.29, 1.82) is 0 Å². The topological polar surface area (TPSA) is 63.8 Å². The summed E-state index contributed by atoms with van der Waals surface area (Å²) in [4.78, 5) is 12.9. The number of hydrogen-bond acceptors (Lipinski definition) is 5. The molecule has 0 saturated heterocycles. The number of imidazole rings is 1. The zero-order valence-electron chi connectivity index (χ0n) is 10.3. The minimum Gasteiger partial charge on any atom is -0.508 e. The van der Waals surface area contributed by atoms with Crippen molar-refractivity contribution in [3.63, 3.8) is 0 Å². The van der Waals surface area contributed by atoms with Gasteiger partial charge in [-0.1, -0.05) is 12.1 Å². The first-order valence-electron chi connectivity index (χ1n) is 5.75. The monoisotopic (exact) mass is 272 g/mol. The Bertz CT molecular complexity index is 708. The summed E-state index contributed by atoms with van der Waals surface area (Å²) < 4.78 is 1.98. The number of hydrogen-bond donors (Lipinski definition) is 1. The third-order valence-corrected chi connectivity index (χ3v) is 3.54. The van der Waals surface area contributed by atoms with Gasteiger partial charge in [0, 0.05) is 0 Å². The molecule has 19 heavy (non-hydrogen) atoms. The van der Waals surface area contributed by atoms with E-state index in [2.05, 4.69) is 15.0 Å². The van der Waals surface area contributed by atoms with Crippen LogP contribution in [-0.4, -0.2) is 30.9 Å². The number of fused-ring (bicyclic) bond motifs is 1. The smallest absolute Gasteiger partial charge is 0.164 e. The van der Waals surface area contributed by atoms with Crippen LogP contribution >= 0.6 is 11.8 Å². The van der Waals surface area contributed by atoms with Gasteiger partial charge in [-0.2, -0.15) is 0 Å². The van der Waals surface area contributed by atoms with Crippen molar-refractivity contribution in [3.05, 3.63) is 42.5 Å². The first kappa shape index (κ1) is 12.0. The van der Waals surface area contributed by atoms with Gasteiger partial charge in [-0.3, -0.25) is 0 Å². The lowest BCUT2D eigenvalue weighted by atomic mass is 10.2. The zero-order valence-corrected chi connectivity index (χ0v) is 11.1. The van der Waals surface area contributed by atoms with Gasteiger partial charge in [-0.15, -0.1) is 11.8 Å². The number of rotatable bonds is 3. The maximum Gasteiger partial charge on any atom is 0.164 e. The lowest BCUT2D eigenvalue weighted by molar-refractivity contribution is 0.475. The third kappa shape index (κ3) is 2.26. The molecule has 0 fully saturated rings. The highest BCUT2D eigenvalue weighted by molar-refractivity contribution is 7.98. The molecule has 96 valence electrons. The van der Waals surface area contributed by atoms with Crippen LogP contribution in [0.4, 0.5) is 0 Å². The third-order valence-electron chi connectivity index (χ3n) is 2.85. The molecule has 0 saturated carbocycles. The zero-order chi connectivity index (χ0) is 13.2. The number of thioether (sulfide) groups is 1. The van der Waals surface area contributed by atoms with Crippen LogP contribution in [0.5, 0.6) is 5.75 Å². The van der Waals surface area contributed by atoms with Gasteiger partial charge in [-0.05, 0) is 24.0 Å². The van der Waals surface area contributed by atoms with E-state index >= 15 is 0 Å². The summed E-state index contributed by atoms with van der Waals surface area (Å²) in [6, 6.07) is 7.13. The Hall–Kier alpha value is -2.08. The molecule has 0 aliphatic carbocycles. The molecule has 0 radical (unpaired) electrons. The van der Waals surface area contributed by atoms with Gasteiger partial charge in [0.25, 0.3) is 0 Å². The molecule has 6 heteroatoms. The van der Waals surface area contributed by atoms with Gasteiger partial charge in [0.1, 0.15) is 22.6 Å². The van der Waals surface area contributed by atoms with E-state index < -0.39 is 0 Å². The Kier molecular flexibility index (Phi) is 3.08. The quantitative estimate of drug-likeness (QED) is 0.585. The number of aromatic hydroxyl groups is 1. The Morgan fingerprint density at radius 3 is 2.68 bits per heavy atom. The van der Waals surface area contributed by atoms with Crippen molar-refractivity contribution < 1.29 is 5.11 Å². The summed E-state index contributed by atoms with van der Waals surface area (Å²) in [5.41, 5.74) is 2.74. The summed E-state index contributed by atoms with van der Waals surface area (Å²) in [7, 11) is 0. The van der Waals surface area contributed by atoms with Gasteiger partial charge in [0.05, 0.1) is 12.9 Å². The van der Waals surface area contributed by atoms with Gasteiger partial charge in [0.2, 0.25) is 0 Å².